The van der Waals surface area contributed by atoms with E-state index in [0.717, 1.165) is 70.6 Å². The van der Waals surface area contributed by atoms with Crippen molar-refractivity contribution >= 4 is 75.4 Å². The highest BCUT2D eigenvalue weighted by Gasteiger charge is 2.29. The maximum atomic E-state index is 13.3. The van der Waals surface area contributed by atoms with Crippen LogP contribution < -0.4 is 37.0 Å². The van der Waals surface area contributed by atoms with Gasteiger partial charge in [-0.1, -0.05) is 13.0 Å². The molecule has 1 amide bonds. The number of ether oxygens (including phenoxy) is 1. The van der Waals surface area contributed by atoms with Gasteiger partial charge in [-0.3, -0.25) is 9.69 Å². The number of carbonyl (C=O) groups is 1. The van der Waals surface area contributed by atoms with E-state index in [1.807, 2.05) is 17.0 Å². The second-order valence-electron chi connectivity index (χ2n) is 12.2. The average molecular weight is 727 g/mol. The number of nitrogens with one attached hydrogen (secondary N) is 2. The summed E-state index contributed by atoms with van der Waals surface area (Å²) < 4.78 is 19.8. The minimum atomic E-state index is -2.79. The van der Waals surface area contributed by atoms with Crippen LogP contribution in [0.3, 0.4) is 0 Å². The molecule has 2 saturated heterocycles. The Kier molecular flexibility index (Phi) is 11.0. The molecule has 2 aliphatic heterocycles. The lowest BCUT2D eigenvalue weighted by molar-refractivity contribution is -0.120. The SMILES string of the molecule is CCc1cc(Nc2ncc(Br)c(Nc3ccc(/C=C\N)c(N)c3P(C)(C)=O)n2)c(OC)cc1N1CCC(N2CCN(C=O)CC2)CC1. The summed E-state index contributed by atoms with van der Waals surface area (Å²) >= 11 is 3.55. The Balaban J connectivity index is 1.35. The maximum Gasteiger partial charge on any atom is 0.229 e. The van der Waals surface area contributed by atoms with Gasteiger partial charge < -0.3 is 41.2 Å². The molecule has 2 aliphatic rings. The van der Waals surface area contributed by atoms with Crippen LogP contribution in [0.15, 0.2) is 41.1 Å². The fourth-order valence-corrected chi connectivity index (χ4v) is 8.16. The third-order valence-electron chi connectivity index (χ3n) is 8.91. The molecule has 2 aromatic carbocycles. The molecule has 3 aromatic rings. The third kappa shape index (κ3) is 7.85. The average Bonchev–Trinajstić information content (AvgIpc) is 3.07. The van der Waals surface area contributed by atoms with Crippen LogP contribution in [0.1, 0.15) is 30.9 Å². The molecule has 14 heteroatoms. The molecule has 47 heavy (non-hydrogen) atoms. The molecule has 6 N–H and O–H groups in total. The first-order valence-corrected chi connectivity index (χ1v) is 19.3. The van der Waals surface area contributed by atoms with Crippen molar-refractivity contribution in [3.8, 4) is 5.75 Å². The molecule has 0 aliphatic carbocycles. The molecule has 0 spiro atoms. The summed E-state index contributed by atoms with van der Waals surface area (Å²) in [5.41, 5.74) is 16.9. The molecule has 0 unspecified atom stereocenters. The fourth-order valence-electron chi connectivity index (χ4n) is 6.45. The Morgan fingerprint density at radius 2 is 1.81 bits per heavy atom. The van der Waals surface area contributed by atoms with Gasteiger partial charge >= 0.3 is 0 Å². The van der Waals surface area contributed by atoms with Crippen molar-refractivity contribution in [1.82, 2.24) is 19.8 Å². The van der Waals surface area contributed by atoms with Crippen molar-refractivity contribution < 1.29 is 14.1 Å². The first-order chi connectivity index (χ1) is 22.6. The van der Waals surface area contributed by atoms with Crippen LogP contribution >= 0.6 is 23.1 Å². The zero-order valence-electron chi connectivity index (χ0n) is 27.5. The first kappa shape index (κ1) is 34.5. The summed E-state index contributed by atoms with van der Waals surface area (Å²) in [6, 6.07) is 8.42. The highest BCUT2D eigenvalue weighted by Crippen LogP contribution is 2.43. The van der Waals surface area contributed by atoms with Gasteiger partial charge in [-0.25, -0.2) is 4.98 Å². The van der Waals surface area contributed by atoms with Crippen molar-refractivity contribution in [3.05, 3.63) is 52.3 Å². The van der Waals surface area contributed by atoms with Crippen LogP contribution in [-0.4, -0.2) is 91.9 Å². The molecule has 1 aromatic heterocycles. The van der Waals surface area contributed by atoms with Crippen molar-refractivity contribution in [3.63, 3.8) is 0 Å². The topological polar surface area (TPSA) is 155 Å². The van der Waals surface area contributed by atoms with E-state index in [1.165, 1.54) is 17.5 Å². The lowest BCUT2D eigenvalue weighted by Gasteiger charge is -2.43. The number of hydrogen-bond donors (Lipinski definition) is 4. The van der Waals surface area contributed by atoms with E-state index in [2.05, 4.69) is 60.4 Å². The van der Waals surface area contributed by atoms with Crippen LogP contribution in [0.25, 0.3) is 6.08 Å². The Morgan fingerprint density at radius 1 is 1.09 bits per heavy atom. The van der Waals surface area contributed by atoms with Gasteiger partial charge in [0.25, 0.3) is 0 Å². The predicted molar refractivity (Wildman–Crippen MR) is 196 cm³/mol. The van der Waals surface area contributed by atoms with E-state index in [0.29, 0.717) is 50.3 Å². The van der Waals surface area contributed by atoms with E-state index in [9.17, 15) is 9.36 Å². The smallest absolute Gasteiger partial charge is 0.229 e. The summed E-state index contributed by atoms with van der Waals surface area (Å²) in [6.07, 6.45) is 8.73. The molecule has 12 nitrogen and oxygen atoms in total. The van der Waals surface area contributed by atoms with Crippen LogP contribution in [0.4, 0.5) is 34.5 Å². The van der Waals surface area contributed by atoms with E-state index < -0.39 is 7.14 Å². The highest BCUT2D eigenvalue weighted by molar-refractivity contribution is 9.10. The minimum Gasteiger partial charge on any atom is -0.494 e. The van der Waals surface area contributed by atoms with Gasteiger partial charge in [-0.15, -0.1) is 0 Å². The van der Waals surface area contributed by atoms with E-state index in [-0.39, 0.29) is 0 Å². The largest absolute Gasteiger partial charge is 0.494 e. The number of benzene rings is 2. The molecule has 2 fully saturated rings. The predicted octanol–water partition coefficient (Wildman–Crippen LogP) is 4.80. The number of hydrogen-bond acceptors (Lipinski definition) is 11. The number of aryl methyl sites for hydroxylation is 1. The number of halogens is 1. The number of aromatic nitrogens is 2. The van der Waals surface area contributed by atoms with Crippen molar-refractivity contribution in [2.45, 2.75) is 32.2 Å². The second kappa shape index (κ2) is 15.0. The molecular formula is C33H45BrN9O3P. The number of rotatable bonds is 11. The number of amides is 1. The van der Waals surface area contributed by atoms with Gasteiger partial charge in [0.2, 0.25) is 12.4 Å². The third-order valence-corrected chi connectivity index (χ3v) is 11.0. The quantitative estimate of drug-likeness (QED) is 0.122. The van der Waals surface area contributed by atoms with Crippen LogP contribution in [-0.2, 0) is 15.8 Å². The number of piperazine rings is 1. The van der Waals surface area contributed by atoms with Gasteiger partial charge in [0.15, 0.2) is 0 Å². The number of carbonyl (C=O) groups excluding carboxylic acids is 1. The van der Waals surface area contributed by atoms with Crippen LogP contribution in [0.2, 0.25) is 0 Å². The van der Waals surface area contributed by atoms with E-state index in [1.54, 1.807) is 32.7 Å². The molecule has 0 radical (unpaired) electrons. The summed E-state index contributed by atoms with van der Waals surface area (Å²) in [5.74, 6) is 1.55. The molecule has 3 heterocycles. The standard InChI is InChI=1S/C33H45BrN9O3P/c1-5-22-18-27(29(46-2)19-28(22)43-12-9-24(10-13-43)42-16-14-41(21-44)15-17-42)39-33-37-20-25(34)32(40-33)38-26-7-6-23(8-11-35)30(36)31(26)47(3,4)45/h6-8,11,18-21,24H,5,9-10,12-17,35-36H2,1-4H3,(H2,37,38,39,40)/b11-8-. The summed E-state index contributed by atoms with van der Waals surface area (Å²) in [7, 11) is -1.12. The zero-order valence-corrected chi connectivity index (χ0v) is 30.0. The van der Waals surface area contributed by atoms with Gasteiger partial charge in [-0.05, 0) is 84.1 Å². The van der Waals surface area contributed by atoms with E-state index >= 15 is 0 Å². The summed E-state index contributed by atoms with van der Waals surface area (Å²) in [4.78, 5) is 27.2. The Bertz CT molecular complexity index is 1670. The second-order valence-corrected chi connectivity index (χ2v) is 16.2. The monoisotopic (exact) mass is 725 g/mol. The fraction of sp³-hybridized carbons (Fsp3) is 0.424. The number of nitrogens with zero attached hydrogens (tertiary/aromatic N) is 5. The van der Waals surface area contributed by atoms with Gasteiger partial charge in [0.05, 0.1) is 33.9 Å². The summed E-state index contributed by atoms with van der Waals surface area (Å²) in [5, 5.41) is 7.20. The lowest BCUT2D eigenvalue weighted by atomic mass is 9.99. The Morgan fingerprint density at radius 3 is 2.43 bits per heavy atom. The molecule has 5 rings (SSSR count). The lowest BCUT2D eigenvalue weighted by Crippen LogP contribution is -2.53. The van der Waals surface area contributed by atoms with Gasteiger partial charge in [0, 0.05) is 63.3 Å². The molecule has 0 atom stereocenters. The summed E-state index contributed by atoms with van der Waals surface area (Å²) in [6.45, 7) is 11.0. The van der Waals surface area contributed by atoms with Crippen LogP contribution in [0, 0.1) is 0 Å². The van der Waals surface area contributed by atoms with E-state index in [4.69, 9.17) is 21.2 Å². The number of methoxy groups -OCH3 is 1. The molecule has 0 saturated carbocycles. The first-order valence-electron chi connectivity index (χ1n) is 15.9. The number of piperidine rings is 1. The maximum absolute atomic E-state index is 13.3. The zero-order chi connectivity index (χ0) is 33.7. The Labute approximate surface area is 285 Å². The molecule has 0 bridgehead atoms. The highest BCUT2D eigenvalue weighted by atomic mass is 79.9. The van der Waals surface area contributed by atoms with Gasteiger partial charge in [0.1, 0.15) is 18.7 Å². The van der Waals surface area contributed by atoms with Gasteiger partial charge in [-0.2, -0.15) is 4.98 Å². The minimum absolute atomic E-state index is 0.368. The van der Waals surface area contributed by atoms with Crippen molar-refractivity contribution in [2.75, 3.05) is 81.0 Å². The van der Waals surface area contributed by atoms with Crippen molar-refractivity contribution in [2.24, 2.45) is 5.73 Å². The number of nitrogen functional groups attached to an aromatic ring is 1. The molecule has 252 valence electrons. The van der Waals surface area contributed by atoms with Crippen molar-refractivity contribution in [1.29, 1.82) is 0 Å². The number of anilines is 6. The molecular weight excluding hydrogens is 681 g/mol. The van der Waals surface area contributed by atoms with Crippen LogP contribution in [0.5, 0.6) is 5.75 Å². The Hall–Kier alpha value is -3.80. The normalized spacial score (nSPS) is 16.4. The number of nitrogens with two attached hydrogens (primary N) is 2.